The van der Waals surface area contributed by atoms with Gasteiger partial charge in [-0.25, -0.2) is 0 Å². The summed E-state index contributed by atoms with van der Waals surface area (Å²) in [6, 6.07) is 8.30. The van der Waals surface area contributed by atoms with Crippen LogP contribution in [-0.4, -0.2) is 23.5 Å². The molecule has 0 spiro atoms. The highest BCUT2D eigenvalue weighted by atomic mass is 16.4. The van der Waals surface area contributed by atoms with E-state index in [1.807, 2.05) is 6.92 Å². The second-order valence-electron chi connectivity index (χ2n) is 5.22. The number of aryl methyl sites for hydroxylation is 1. The van der Waals surface area contributed by atoms with Crippen LogP contribution in [0.4, 0.5) is 0 Å². The van der Waals surface area contributed by atoms with Gasteiger partial charge in [0, 0.05) is 19.4 Å². The van der Waals surface area contributed by atoms with E-state index >= 15 is 0 Å². The molecule has 2 N–H and O–H groups in total. The van der Waals surface area contributed by atoms with Gasteiger partial charge in [-0.15, -0.1) is 0 Å². The number of hydrogen-bond acceptors (Lipinski definition) is 2. The predicted molar refractivity (Wildman–Crippen MR) is 78.7 cm³/mol. The van der Waals surface area contributed by atoms with E-state index in [9.17, 15) is 9.59 Å². The third kappa shape index (κ3) is 6.36. The molecule has 4 heteroatoms. The van der Waals surface area contributed by atoms with Crippen molar-refractivity contribution in [2.24, 2.45) is 0 Å². The fourth-order valence-electron chi connectivity index (χ4n) is 1.93. The number of carbonyl (C=O) groups excluding carboxylic acids is 1. The van der Waals surface area contributed by atoms with Gasteiger partial charge in [-0.2, -0.15) is 0 Å². The van der Waals surface area contributed by atoms with Crippen molar-refractivity contribution in [1.82, 2.24) is 5.32 Å². The van der Waals surface area contributed by atoms with Crippen LogP contribution in [0.2, 0.25) is 0 Å². The number of carboxylic acid groups (broad SMARTS) is 1. The Kier molecular flexibility index (Phi) is 6.77. The first kappa shape index (κ1) is 16.2. The van der Waals surface area contributed by atoms with Crippen LogP contribution in [0, 0.1) is 6.92 Å². The van der Waals surface area contributed by atoms with E-state index in [-0.39, 0.29) is 18.2 Å². The zero-order chi connectivity index (χ0) is 15.0. The largest absolute Gasteiger partial charge is 0.481 e. The molecule has 0 saturated carbocycles. The molecular formula is C16H23NO3. The average molecular weight is 277 g/mol. The predicted octanol–water partition coefficient (Wildman–Crippen LogP) is 2.86. The molecule has 1 amide bonds. The first-order valence-electron chi connectivity index (χ1n) is 7.04. The molecule has 0 radical (unpaired) electrons. The zero-order valence-electron chi connectivity index (χ0n) is 12.2. The lowest BCUT2D eigenvalue weighted by atomic mass is 10.00. The lowest BCUT2D eigenvalue weighted by Gasteiger charge is -2.13. The Balaban J connectivity index is 2.23. The van der Waals surface area contributed by atoms with Crippen LogP contribution in [0.25, 0.3) is 0 Å². The number of rotatable bonds is 8. The molecule has 0 saturated heterocycles. The van der Waals surface area contributed by atoms with E-state index in [0.29, 0.717) is 25.8 Å². The lowest BCUT2D eigenvalue weighted by Crippen LogP contribution is -2.27. The molecule has 0 fully saturated rings. The number of unbranched alkanes of at least 4 members (excludes halogenated alkanes) is 1. The van der Waals surface area contributed by atoms with Crippen molar-refractivity contribution in [2.75, 3.05) is 6.54 Å². The van der Waals surface area contributed by atoms with Gasteiger partial charge in [-0.1, -0.05) is 36.8 Å². The van der Waals surface area contributed by atoms with Gasteiger partial charge in [0.25, 0.3) is 0 Å². The van der Waals surface area contributed by atoms with E-state index in [0.717, 1.165) is 0 Å². The summed E-state index contributed by atoms with van der Waals surface area (Å²) in [6.07, 6.45) is 1.70. The Morgan fingerprint density at radius 2 is 1.75 bits per heavy atom. The molecule has 0 aliphatic carbocycles. The fourth-order valence-corrected chi connectivity index (χ4v) is 1.93. The molecule has 0 bridgehead atoms. The number of amides is 1. The highest BCUT2D eigenvalue weighted by molar-refractivity contribution is 5.76. The monoisotopic (exact) mass is 277 g/mol. The number of carboxylic acids is 1. The maximum atomic E-state index is 11.6. The second-order valence-corrected chi connectivity index (χ2v) is 5.22. The highest BCUT2D eigenvalue weighted by Crippen LogP contribution is 2.14. The minimum Gasteiger partial charge on any atom is -0.481 e. The van der Waals surface area contributed by atoms with Crippen molar-refractivity contribution in [3.8, 4) is 0 Å². The second kappa shape index (κ2) is 8.35. The van der Waals surface area contributed by atoms with Crippen molar-refractivity contribution >= 4 is 11.9 Å². The summed E-state index contributed by atoms with van der Waals surface area (Å²) in [6.45, 7) is 4.74. The third-order valence-electron chi connectivity index (χ3n) is 3.30. The molecule has 0 aliphatic heterocycles. The summed E-state index contributed by atoms with van der Waals surface area (Å²) in [5.41, 5.74) is 2.44. The van der Waals surface area contributed by atoms with Gasteiger partial charge in [-0.05, 0) is 31.2 Å². The quantitative estimate of drug-likeness (QED) is 0.718. The summed E-state index contributed by atoms with van der Waals surface area (Å²) in [5, 5.41) is 11.4. The Hall–Kier alpha value is -1.84. The van der Waals surface area contributed by atoms with Crippen molar-refractivity contribution in [1.29, 1.82) is 0 Å². The van der Waals surface area contributed by atoms with E-state index in [2.05, 4.69) is 36.5 Å². The van der Waals surface area contributed by atoms with E-state index in [1.54, 1.807) is 0 Å². The van der Waals surface area contributed by atoms with Crippen molar-refractivity contribution < 1.29 is 14.7 Å². The van der Waals surface area contributed by atoms with Gasteiger partial charge in [0.05, 0.1) is 0 Å². The average Bonchev–Trinajstić information content (AvgIpc) is 2.41. The summed E-state index contributed by atoms with van der Waals surface area (Å²) in [5.74, 6) is -0.536. The number of hydrogen-bond donors (Lipinski definition) is 2. The SMILES string of the molecule is Cc1ccc(C(C)CNC(=O)CCCCC(=O)O)cc1. The Morgan fingerprint density at radius 1 is 1.15 bits per heavy atom. The minimum atomic E-state index is -0.807. The van der Waals surface area contributed by atoms with Gasteiger partial charge >= 0.3 is 5.97 Å². The van der Waals surface area contributed by atoms with E-state index < -0.39 is 5.97 Å². The van der Waals surface area contributed by atoms with E-state index in [1.165, 1.54) is 11.1 Å². The summed E-state index contributed by atoms with van der Waals surface area (Å²) in [4.78, 5) is 22.0. The molecule has 1 rings (SSSR count). The van der Waals surface area contributed by atoms with Crippen molar-refractivity contribution in [2.45, 2.75) is 45.4 Å². The Morgan fingerprint density at radius 3 is 2.35 bits per heavy atom. The van der Waals surface area contributed by atoms with Crippen LogP contribution in [0.15, 0.2) is 24.3 Å². The fraction of sp³-hybridized carbons (Fsp3) is 0.500. The Bertz CT molecular complexity index is 440. The third-order valence-corrected chi connectivity index (χ3v) is 3.30. The number of nitrogens with one attached hydrogen (secondary N) is 1. The summed E-state index contributed by atoms with van der Waals surface area (Å²) in [7, 11) is 0. The molecule has 4 nitrogen and oxygen atoms in total. The molecule has 1 unspecified atom stereocenters. The molecule has 1 aromatic carbocycles. The molecule has 0 aromatic heterocycles. The number of aliphatic carboxylic acids is 1. The van der Waals surface area contributed by atoms with Crippen LogP contribution in [-0.2, 0) is 9.59 Å². The van der Waals surface area contributed by atoms with E-state index in [4.69, 9.17) is 5.11 Å². The highest BCUT2D eigenvalue weighted by Gasteiger charge is 2.08. The first-order chi connectivity index (χ1) is 9.49. The van der Waals surface area contributed by atoms with Crippen LogP contribution >= 0.6 is 0 Å². The maximum Gasteiger partial charge on any atom is 0.303 e. The molecule has 1 atom stereocenters. The normalized spacial score (nSPS) is 11.9. The molecule has 110 valence electrons. The van der Waals surface area contributed by atoms with Crippen molar-refractivity contribution in [3.63, 3.8) is 0 Å². The van der Waals surface area contributed by atoms with Crippen LogP contribution < -0.4 is 5.32 Å². The van der Waals surface area contributed by atoms with Gasteiger partial charge in [0.15, 0.2) is 0 Å². The first-order valence-corrected chi connectivity index (χ1v) is 7.04. The van der Waals surface area contributed by atoms with Crippen LogP contribution in [0.5, 0.6) is 0 Å². The van der Waals surface area contributed by atoms with Crippen LogP contribution in [0.1, 0.15) is 49.7 Å². The minimum absolute atomic E-state index is 0.00523. The lowest BCUT2D eigenvalue weighted by molar-refractivity contribution is -0.137. The summed E-state index contributed by atoms with van der Waals surface area (Å²) >= 11 is 0. The topological polar surface area (TPSA) is 66.4 Å². The van der Waals surface area contributed by atoms with Gasteiger partial charge in [-0.3, -0.25) is 9.59 Å². The molecule has 20 heavy (non-hydrogen) atoms. The molecular weight excluding hydrogens is 254 g/mol. The molecule has 1 aromatic rings. The maximum absolute atomic E-state index is 11.6. The smallest absolute Gasteiger partial charge is 0.303 e. The van der Waals surface area contributed by atoms with Gasteiger partial charge in [0.2, 0.25) is 5.91 Å². The Labute approximate surface area is 120 Å². The number of benzene rings is 1. The van der Waals surface area contributed by atoms with Crippen LogP contribution in [0.3, 0.4) is 0 Å². The number of carbonyl (C=O) groups is 2. The summed E-state index contributed by atoms with van der Waals surface area (Å²) < 4.78 is 0. The van der Waals surface area contributed by atoms with Gasteiger partial charge < -0.3 is 10.4 Å². The van der Waals surface area contributed by atoms with Crippen molar-refractivity contribution in [3.05, 3.63) is 35.4 Å². The molecule has 0 heterocycles. The standard InChI is InChI=1S/C16H23NO3/c1-12-7-9-14(10-8-12)13(2)11-17-15(18)5-3-4-6-16(19)20/h7-10,13H,3-6,11H2,1-2H3,(H,17,18)(H,19,20). The zero-order valence-corrected chi connectivity index (χ0v) is 12.2. The van der Waals surface area contributed by atoms with Gasteiger partial charge in [0.1, 0.15) is 0 Å². The molecule has 0 aliphatic rings.